The van der Waals surface area contributed by atoms with E-state index in [9.17, 15) is 14.4 Å². The summed E-state index contributed by atoms with van der Waals surface area (Å²) in [6, 6.07) is -1.12. The molecule has 0 aromatic carbocycles. The van der Waals surface area contributed by atoms with Gasteiger partial charge in [0, 0.05) is 12.8 Å². The second-order valence-corrected chi connectivity index (χ2v) is 8.09. The van der Waals surface area contributed by atoms with Crippen molar-refractivity contribution in [2.75, 3.05) is 0 Å². The Kier molecular flexibility index (Phi) is 33.5. The van der Waals surface area contributed by atoms with Crippen LogP contribution in [-0.4, -0.2) is 34.1 Å². The summed E-state index contributed by atoms with van der Waals surface area (Å²) >= 11 is 0. The molecular weight excluding hydrogens is 448 g/mol. The fourth-order valence-corrected chi connectivity index (χ4v) is 3.45. The number of aliphatic carboxylic acids is 2. The summed E-state index contributed by atoms with van der Waals surface area (Å²) in [7, 11) is 0. The summed E-state index contributed by atoms with van der Waals surface area (Å²) < 4.78 is 0. The summed E-state index contributed by atoms with van der Waals surface area (Å²) in [6.45, 7) is 2.25. The molecule has 174 valence electrons. The Hall–Kier alpha value is 1.68. The second-order valence-electron chi connectivity index (χ2n) is 8.09. The average molecular weight is 494 g/mol. The van der Waals surface area contributed by atoms with Crippen LogP contribution in [0.1, 0.15) is 125 Å². The first-order chi connectivity index (χ1) is 14.0. The topological polar surface area (TPSA) is 104 Å². The van der Waals surface area contributed by atoms with Crippen molar-refractivity contribution in [1.82, 2.24) is 5.32 Å². The largest absolute Gasteiger partial charge is 1.00 e. The van der Waals surface area contributed by atoms with Crippen LogP contribution in [0.5, 0.6) is 0 Å². The number of hydrogen-bond acceptors (Lipinski definition) is 3. The van der Waals surface area contributed by atoms with Gasteiger partial charge in [-0.15, -0.1) is 0 Å². The molecule has 0 rings (SSSR count). The Morgan fingerprint density at radius 3 is 1.42 bits per heavy atom. The van der Waals surface area contributed by atoms with E-state index in [1.54, 1.807) is 0 Å². The van der Waals surface area contributed by atoms with Crippen LogP contribution in [0, 0.1) is 0 Å². The number of nitrogens with one attached hydrogen (secondary N) is 1. The van der Waals surface area contributed by atoms with Gasteiger partial charge in [-0.3, -0.25) is 9.59 Å². The standard InChI is InChI=1S/C23H43NO5.2K.2H/c1-2-3-4-5-6-7-8-9-10-11-12-13-14-15-16-17-21(25)24-20(23(28)29)18-19-22(26)27;;;;/h20H,2-19H2,1H3,(H,24,25)(H,26,27)(H,28,29);;;;/q;2*+1;2*-1/t20-;;;;/m0..../s1. The van der Waals surface area contributed by atoms with E-state index in [0.717, 1.165) is 19.3 Å². The Bertz CT molecular complexity index is 461. The molecule has 0 heterocycles. The van der Waals surface area contributed by atoms with Gasteiger partial charge in [-0.1, -0.05) is 96.8 Å². The van der Waals surface area contributed by atoms with Gasteiger partial charge in [-0.25, -0.2) is 4.79 Å². The SMILES string of the molecule is CCCCCCCCCCCCCCCCCC(=O)N[C@@H](CCC(=O)O)C(=O)O.[H-].[H-].[K+].[K+]. The molecule has 0 aliphatic carbocycles. The predicted molar refractivity (Wildman–Crippen MR) is 118 cm³/mol. The quantitative estimate of drug-likeness (QED) is 0.153. The summed E-state index contributed by atoms with van der Waals surface area (Å²) in [6.07, 6.45) is 18.8. The van der Waals surface area contributed by atoms with Gasteiger partial charge in [0.05, 0.1) is 0 Å². The molecule has 1 amide bonds. The third-order valence-corrected chi connectivity index (χ3v) is 5.29. The number of carboxylic acid groups (broad SMARTS) is 2. The molecule has 3 N–H and O–H groups in total. The number of rotatable bonds is 21. The molecule has 0 saturated heterocycles. The van der Waals surface area contributed by atoms with Gasteiger partial charge in [-0.05, 0) is 12.8 Å². The van der Waals surface area contributed by atoms with E-state index in [-0.39, 0.29) is 124 Å². The molecule has 0 bridgehead atoms. The molecule has 0 fully saturated rings. The molecule has 0 saturated carbocycles. The molecule has 0 spiro atoms. The van der Waals surface area contributed by atoms with E-state index in [0.29, 0.717) is 6.42 Å². The monoisotopic (exact) mass is 493 g/mol. The zero-order valence-electron chi connectivity index (χ0n) is 22.4. The maximum atomic E-state index is 11.8. The van der Waals surface area contributed by atoms with Crippen molar-refractivity contribution in [2.24, 2.45) is 0 Å². The van der Waals surface area contributed by atoms with Crippen molar-refractivity contribution in [3.8, 4) is 0 Å². The third-order valence-electron chi connectivity index (χ3n) is 5.29. The van der Waals surface area contributed by atoms with Gasteiger partial charge in [0.25, 0.3) is 0 Å². The van der Waals surface area contributed by atoms with Gasteiger partial charge < -0.3 is 18.4 Å². The zero-order chi connectivity index (χ0) is 21.7. The van der Waals surface area contributed by atoms with Crippen molar-refractivity contribution in [3.63, 3.8) is 0 Å². The van der Waals surface area contributed by atoms with E-state index < -0.39 is 18.0 Å². The fraction of sp³-hybridized carbons (Fsp3) is 0.870. The van der Waals surface area contributed by atoms with Crippen LogP contribution in [-0.2, 0) is 14.4 Å². The summed E-state index contributed by atoms with van der Waals surface area (Å²) in [4.78, 5) is 33.4. The van der Waals surface area contributed by atoms with Crippen molar-refractivity contribution in [2.45, 2.75) is 129 Å². The van der Waals surface area contributed by atoms with E-state index in [1.165, 1.54) is 77.0 Å². The van der Waals surface area contributed by atoms with Crippen LogP contribution in [0.3, 0.4) is 0 Å². The van der Waals surface area contributed by atoms with Gasteiger partial charge >= 0.3 is 115 Å². The van der Waals surface area contributed by atoms with Crippen LogP contribution >= 0.6 is 0 Å². The molecule has 0 aromatic rings. The van der Waals surface area contributed by atoms with Crippen molar-refractivity contribution < 1.29 is 130 Å². The first-order valence-electron chi connectivity index (χ1n) is 11.7. The van der Waals surface area contributed by atoms with Crippen molar-refractivity contribution in [3.05, 3.63) is 0 Å². The summed E-state index contributed by atoms with van der Waals surface area (Å²) in [5, 5.41) is 20.1. The van der Waals surface area contributed by atoms with Crippen LogP contribution in [0.2, 0.25) is 0 Å². The van der Waals surface area contributed by atoms with Crippen LogP contribution in [0.4, 0.5) is 0 Å². The molecule has 0 aromatic heterocycles. The number of unbranched alkanes of at least 4 members (excludes halogenated alkanes) is 14. The third kappa shape index (κ3) is 27.8. The molecule has 0 unspecified atom stereocenters. The summed E-state index contributed by atoms with van der Waals surface area (Å²) in [5.74, 6) is -2.55. The molecule has 6 nitrogen and oxygen atoms in total. The summed E-state index contributed by atoms with van der Waals surface area (Å²) in [5.41, 5.74) is 0. The van der Waals surface area contributed by atoms with Crippen molar-refractivity contribution in [1.29, 1.82) is 0 Å². The average Bonchev–Trinajstić information content (AvgIpc) is 2.67. The van der Waals surface area contributed by atoms with E-state index >= 15 is 0 Å². The maximum Gasteiger partial charge on any atom is 1.00 e. The van der Waals surface area contributed by atoms with E-state index in [1.807, 2.05) is 0 Å². The van der Waals surface area contributed by atoms with Gasteiger partial charge in [0.2, 0.25) is 5.91 Å². The maximum absolute atomic E-state index is 11.8. The van der Waals surface area contributed by atoms with E-state index in [2.05, 4.69) is 12.2 Å². The molecule has 31 heavy (non-hydrogen) atoms. The molecule has 0 aliphatic rings. The number of carbonyl (C=O) groups is 3. The normalized spacial score (nSPS) is 11.1. The molecule has 1 atom stereocenters. The zero-order valence-corrected chi connectivity index (χ0v) is 26.7. The number of carboxylic acids is 2. The molecule has 0 aliphatic heterocycles. The number of carbonyl (C=O) groups excluding carboxylic acids is 1. The Labute approximate surface area is 277 Å². The Morgan fingerprint density at radius 1 is 0.677 bits per heavy atom. The Balaban J connectivity index is -0.000000653. The minimum atomic E-state index is -1.18. The fourth-order valence-electron chi connectivity index (χ4n) is 3.45. The van der Waals surface area contributed by atoms with Crippen molar-refractivity contribution >= 4 is 17.8 Å². The van der Waals surface area contributed by atoms with Crippen LogP contribution in [0.15, 0.2) is 0 Å². The van der Waals surface area contributed by atoms with E-state index in [4.69, 9.17) is 10.2 Å². The predicted octanol–water partition coefficient (Wildman–Crippen LogP) is -0.0849. The van der Waals surface area contributed by atoms with Crippen LogP contribution < -0.4 is 108 Å². The van der Waals surface area contributed by atoms with Gasteiger partial charge in [0.1, 0.15) is 6.04 Å². The smallest absolute Gasteiger partial charge is 1.00 e. The molecular formula is C23H45K2NO5. The minimum Gasteiger partial charge on any atom is -1.00 e. The Morgan fingerprint density at radius 2 is 1.06 bits per heavy atom. The first kappa shape index (κ1) is 37.2. The van der Waals surface area contributed by atoms with Crippen LogP contribution in [0.25, 0.3) is 0 Å². The number of hydrogen-bond donors (Lipinski definition) is 3. The first-order valence-corrected chi connectivity index (χ1v) is 11.7. The second kappa shape index (κ2) is 27.9. The minimum absolute atomic E-state index is 0. The molecule has 8 heteroatoms. The molecule has 0 radical (unpaired) electrons. The number of amides is 1. The van der Waals surface area contributed by atoms with Gasteiger partial charge in [-0.2, -0.15) is 0 Å². The van der Waals surface area contributed by atoms with Gasteiger partial charge in [0.15, 0.2) is 0 Å².